The van der Waals surface area contributed by atoms with Crippen molar-refractivity contribution in [1.29, 1.82) is 0 Å². The molecule has 1 saturated carbocycles. The zero-order valence-electron chi connectivity index (χ0n) is 12.0. The molecular formula is C16H25NO2. The zero-order chi connectivity index (χ0) is 13.7. The van der Waals surface area contributed by atoms with Crippen molar-refractivity contribution < 1.29 is 9.47 Å². The molecule has 19 heavy (non-hydrogen) atoms. The summed E-state index contributed by atoms with van der Waals surface area (Å²) in [4.78, 5) is 0. The van der Waals surface area contributed by atoms with E-state index in [9.17, 15) is 0 Å². The number of methoxy groups -OCH3 is 1. The Balaban J connectivity index is 2.01. The Morgan fingerprint density at radius 3 is 2.74 bits per heavy atom. The van der Waals surface area contributed by atoms with Crippen LogP contribution in [0.25, 0.3) is 0 Å². The SMILES string of the molecule is COC1CCCC(Oc2ccccc2CC(C)N)C1. The van der Waals surface area contributed by atoms with Gasteiger partial charge in [-0.3, -0.25) is 0 Å². The first-order valence-electron chi connectivity index (χ1n) is 7.22. The lowest BCUT2D eigenvalue weighted by molar-refractivity contribution is 0.0206. The lowest BCUT2D eigenvalue weighted by atomic mass is 9.94. The van der Waals surface area contributed by atoms with Crippen LogP contribution in [0, 0.1) is 0 Å². The molecule has 1 aliphatic rings. The Labute approximate surface area is 116 Å². The molecule has 0 radical (unpaired) electrons. The Bertz CT molecular complexity index is 392. The quantitative estimate of drug-likeness (QED) is 0.888. The molecule has 2 rings (SSSR count). The van der Waals surface area contributed by atoms with Gasteiger partial charge in [0.25, 0.3) is 0 Å². The summed E-state index contributed by atoms with van der Waals surface area (Å²) in [7, 11) is 1.79. The number of hydrogen-bond donors (Lipinski definition) is 1. The average Bonchev–Trinajstić information content (AvgIpc) is 2.41. The predicted octanol–water partition coefficient (Wildman–Crippen LogP) is 2.91. The molecule has 0 saturated heterocycles. The highest BCUT2D eigenvalue weighted by Crippen LogP contribution is 2.27. The first-order chi connectivity index (χ1) is 9.19. The van der Waals surface area contributed by atoms with Gasteiger partial charge in [-0.15, -0.1) is 0 Å². The van der Waals surface area contributed by atoms with E-state index in [4.69, 9.17) is 15.2 Å². The van der Waals surface area contributed by atoms with Gasteiger partial charge in [-0.1, -0.05) is 18.2 Å². The number of benzene rings is 1. The minimum atomic E-state index is 0.155. The summed E-state index contributed by atoms with van der Waals surface area (Å²) in [6, 6.07) is 8.38. The zero-order valence-corrected chi connectivity index (χ0v) is 12.0. The van der Waals surface area contributed by atoms with Crippen molar-refractivity contribution in [1.82, 2.24) is 0 Å². The van der Waals surface area contributed by atoms with Gasteiger partial charge < -0.3 is 15.2 Å². The summed E-state index contributed by atoms with van der Waals surface area (Å²) < 4.78 is 11.6. The average molecular weight is 263 g/mol. The maximum Gasteiger partial charge on any atom is 0.122 e. The van der Waals surface area contributed by atoms with Gasteiger partial charge >= 0.3 is 0 Å². The fourth-order valence-corrected chi connectivity index (χ4v) is 2.74. The third kappa shape index (κ3) is 4.22. The molecule has 3 atom stereocenters. The molecule has 1 aliphatic carbocycles. The van der Waals surface area contributed by atoms with Crippen molar-refractivity contribution in [2.45, 2.75) is 57.3 Å². The molecular weight excluding hydrogens is 238 g/mol. The van der Waals surface area contributed by atoms with Gasteiger partial charge in [-0.25, -0.2) is 0 Å². The minimum absolute atomic E-state index is 0.155. The molecule has 0 spiro atoms. The van der Waals surface area contributed by atoms with E-state index in [1.54, 1.807) is 7.11 Å². The molecule has 1 fully saturated rings. The van der Waals surface area contributed by atoms with E-state index < -0.39 is 0 Å². The lowest BCUT2D eigenvalue weighted by Crippen LogP contribution is -2.30. The Morgan fingerprint density at radius 1 is 1.26 bits per heavy atom. The topological polar surface area (TPSA) is 44.5 Å². The number of hydrogen-bond acceptors (Lipinski definition) is 3. The summed E-state index contributed by atoms with van der Waals surface area (Å²) in [5.41, 5.74) is 7.10. The van der Waals surface area contributed by atoms with Gasteiger partial charge in [0.2, 0.25) is 0 Å². The number of rotatable bonds is 5. The van der Waals surface area contributed by atoms with E-state index in [2.05, 4.69) is 6.07 Å². The van der Waals surface area contributed by atoms with E-state index in [1.165, 1.54) is 12.0 Å². The van der Waals surface area contributed by atoms with Crippen molar-refractivity contribution in [2.24, 2.45) is 5.73 Å². The largest absolute Gasteiger partial charge is 0.490 e. The summed E-state index contributed by atoms with van der Waals surface area (Å²) >= 11 is 0. The second kappa shape index (κ2) is 6.92. The van der Waals surface area contributed by atoms with Crippen LogP contribution in [0.2, 0.25) is 0 Å². The van der Waals surface area contributed by atoms with Gasteiger partial charge in [-0.2, -0.15) is 0 Å². The molecule has 0 amide bonds. The predicted molar refractivity (Wildman–Crippen MR) is 77.5 cm³/mol. The normalized spacial score (nSPS) is 25.0. The Kier molecular flexibility index (Phi) is 5.23. The number of nitrogens with two attached hydrogens (primary N) is 1. The number of ether oxygens (including phenoxy) is 2. The van der Waals surface area contributed by atoms with E-state index in [0.717, 1.165) is 31.4 Å². The van der Waals surface area contributed by atoms with E-state index >= 15 is 0 Å². The van der Waals surface area contributed by atoms with Crippen LogP contribution in [0.5, 0.6) is 5.75 Å². The molecule has 0 aliphatic heterocycles. The molecule has 106 valence electrons. The van der Waals surface area contributed by atoms with Crippen molar-refractivity contribution >= 4 is 0 Å². The molecule has 3 unspecified atom stereocenters. The van der Waals surface area contributed by atoms with Crippen molar-refractivity contribution in [3.05, 3.63) is 29.8 Å². The number of para-hydroxylation sites is 1. The van der Waals surface area contributed by atoms with Gasteiger partial charge in [0.15, 0.2) is 0 Å². The third-order valence-electron chi connectivity index (χ3n) is 3.72. The van der Waals surface area contributed by atoms with Crippen LogP contribution in [-0.4, -0.2) is 25.4 Å². The Hall–Kier alpha value is -1.06. The summed E-state index contributed by atoms with van der Waals surface area (Å²) in [6.45, 7) is 2.03. The van der Waals surface area contributed by atoms with Gasteiger partial charge in [-0.05, 0) is 44.2 Å². The summed E-state index contributed by atoms with van der Waals surface area (Å²) in [5, 5.41) is 0. The monoisotopic (exact) mass is 263 g/mol. The summed E-state index contributed by atoms with van der Waals surface area (Å²) in [6.07, 6.45) is 5.91. The molecule has 0 bridgehead atoms. The van der Waals surface area contributed by atoms with Crippen LogP contribution >= 0.6 is 0 Å². The van der Waals surface area contributed by atoms with Gasteiger partial charge in [0.05, 0.1) is 6.10 Å². The van der Waals surface area contributed by atoms with Crippen LogP contribution in [0.1, 0.15) is 38.2 Å². The van der Waals surface area contributed by atoms with E-state index in [1.807, 2.05) is 25.1 Å². The Morgan fingerprint density at radius 2 is 2.00 bits per heavy atom. The lowest BCUT2D eigenvalue weighted by Gasteiger charge is -2.29. The smallest absolute Gasteiger partial charge is 0.122 e. The van der Waals surface area contributed by atoms with Gasteiger partial charge in [0.1, 0.15) is 11.9 Å². The van der Waals surface area contributed by atoms with Crippen LogP contribution in [-0.2, 0) is 11.2 Å². The molecule has 3 heteroatoms. The molecule has 0 aromatic heterocycles. The molecule has 0 heterocycles. The summed E-state index contributed by atoms with van der Waals surface area (Å²) in [5.74, 6) is 0.988. The second-order valence-corrected chi connectivity index (χ2v) is 5.55. The second-order valence-electron chi connectivity index (χ2n) is 5.55. The minimum Gasteiger partial charge on any atom is -0.490 e. The molecule has 1 aromatic carbocycles. The van der Waals surface area contributed by atoms with Crippen molar-refractivity contribution in [2.75, 3.05) is 7.11 Å². The molecule has 3 nitrogen and oxygen atoms in total. The van der Waals surface area contributed by atoms with Crippen LogP contribution < -0.4 is 10.5 Å². The van der Waals surface area contributed by atoms with Crippen molar-refractivity contribution in [3.8, 4) is 5.75 Å². The van der Waals surface area contributed by atoms with E-state index in [-0.39, 0.29) is 12.1 Å². The maximum absolute atomic E-state index is 6.18. The van der Waals surface area contributed by atoms with Crippen molar-refractivity contribution in [3.63, 3.8) is 0 Å². The highest BCUT2D eigenvalue weighted by molar-refractivity contribution is 5.34. The fraction of sp³-hybridized carbons (Fsp3) is 0.625. The van der Waals surface area contributed by atoms with Gasteiger partial charge in [0, 0.05) is 19.6 Å². The fourth-order valence-electron chi connectivity index (χ4n) is 2.74. The standard InChI is InChI=1S/C16H25NO2/c1-12(17)10-13-6-3-4-9-16(13)19-15-8-5-7-14(11-15)18-2/h3-4,6,9,12,14-15H,5,7-8,10-11,17H2,1-2H3. The van der Waals surface area contributed by atoms with Crippen LogP contribution in [0.3, 0.4) is 0 Å². The third-order valence-corrected chi connectivity index (χ3v) is 3.72. The molecule has 1 aromatic rings. The highest BCUT2D eigenvalue weighted by Gasteiger charge is 2.23. The first-order valence-corrected chi connectivity index (χ1v) is 7.22. The van der Waals surface area contributed by atoms with Crippen LogP contribution in [0.4, 0.5) is 0 Å². The highest BCUT2D eigenvalue weighted by atomic mass is 16.5. The van der Waals surface area contributed by atoms with E-state index in [0.29, 0.717) is 6.10 Å². The molecule has 2 N–H and O–H groups in total. The van der Waals surface area contributed by atoms with Crippen LogP contribution in [0.15, 0.2) is 24.3 Å². The maximum atomic E-state index is 6.18. The first kappa shape index (κ1) is 14.4.